The maximum absolute atomic E-state index is 11.4. The van der Waals surface area contributed by atoms with Gasteiger partial charge < -0.3 is 5.32 Å². The van der Waals surface area contributed by atoms with Crippen LogP contribution in [0.15, 0.2) is 10.7 Å². The van der Waals surface area contributed by atoms with Gasteiger partial charge in [0, 0.05) is 18.0 Å². The van der Waals surface area contributed by atoms with Crippen LogP contribution in [0.4, 0.5) is 5.82 Å². The number of anilines is 1. The van der Waals surface area contributed by atoms with Crippen LogP contribution >= 0.6 is 15.9 Å². The molecule has 0 radical (unpaired) electrons. The van der Waals surface area contributed by atoms with E-state index < -0.39 is 9.84 Å². The van der Waals surface area contributed by atoms with Crippen LogP contribution in [-0.2, 0) is 9.84 Å². The van der Waals surface area contributed by atoms with Crippen molar-refractivity contribution in [2.45, 2.75) is 37.6 Å². The molecule has 2 heterocycles. The normalized spacial score (nSPS) is 23.2. The quantitative estimate of drug-likeness (QED) is 0.849. The molecule has 0 unspecified atom stereocenters. The first kappa shape index (κ1) is 13.3. The summed E-state index contributed by atoms with van der Waals surface area (Å²) < 4.78 is 23.6. The average molecular weight is 346 g/mol. The van der Waals surface area contributed by atoms with E-state index >= 15 is 0 Å². The molecule has 1 aromatic heterocycles. The van der Waals surface area contributed by atoms with E-state index in [4.69, 9.17) is 0 Å². The third-order valence-corrected chi connectivity index (χ3v) is 5.68. The fraction of sp³-hybridized carbons (Fsp3) is 0.667. The second kappa shape index (κ2) is 5.01. The highest BCUT2D eigenvalue weighted by Crippen LogP contribution is 2.38. The van der Waals surface area contributed by atoms with Crippen LogP contribution in [0.25, 0.3) is 0 Å². The number of hydrogen-bond acceptors (Lipinski definition) is 5. The topological polar surface area (TPSA) is 72.0 Å². The summed E-state index contributed by atoms with van der Waals surface area (Å²) in [5.41, 5.74) is 0. The molecule has 0 amide bonds. The minimum absolute atomic E-state index is 0.192. The highest BCUT2D eigenvalue weighted by atomic mass is 79.9. The van der Waals surface area contributed by atoms with Crippen LogP contribution in [0.1, 0.15) is 37.4 Å². The van der Waals surface area contributed by atoms with Crippen LogP contribution in [0.2, 0.25) is 0 Å². The first-order valence-electron chi connectivity index (χ1n) is 6.53. The predicted molar refractivity (Wildman–Crippen MR) is 77.0 cm³/mol. The Hall–Kier alpha value is -0.690. The monoisotopic (exact) mass is 345 g/mol. The number of hydrogen-bond donors (Lipinski definition) is 1. The van der Waals surface area contributed by atoms with Crippen molar-refractivity contribution in [3.05, 3.63) is 16.5 Å². The highest BCUT2D eigenvalue weighted by molar-refractivity contribution is 9.10. The number of nitrogens with zero attached hydrogens (tertiary/aromatic N) is 2. The molecule has 1 aliphatic carbocycles. The van der Waals surface area contributed by atoms with Crippen LogP contribution in [0, 0.1) is 0 Å². The molecule has 7 heteroatoms. The largest absolute Gasteiger partial charge is 0.367 e. The number of nitrogens with one attached hydrogen (secondary N) is 1. The molecule has 0 bridgehead atoms. The molecule has 2 aliphatic rings. The molecule has 19 heavy (non-hydrogen) atoms. The molecular weight excluding hydrogens is 330 g/mol. The van der Waals surface area contributed by atoms with Crippen LogP contribution in [-0.4, -0.2) is 35.9 Å². The van der Waals surface area contributed by atoms with Gasteiger partial charge in [-0.25, -0.2) is 18.4 Å². The van der Waals surface area contributed by atoms with Crippen molar-refractivity contribution in [2.24, 2.45) is 0 Å². The fourth-order valence-corrected chi connectivity index (χ4v) is 4.17. The van der Waals surface area contributed by atoms with E-state index in [1.54, 1.807) is 0 Å². The van der Waals surface area contributed by atoms with Gasteiger partial charge in [0.1, 0.15) is 26.1 Å². The number of rotatable bonds is 3. The van der Waals surface area contributed by atoms with Crippen molar-refractivity contribution in [3.8, 4) is 0 Å². The Morgan fingerprint density at radius 3 is 2.47 bits per heavy atom. The van der Waals surface area contributed by atoms with Gasteiger partial charge in [-0.1, -0.05) is 0 Å². The lowest BCUT2D eigenvalue weighted by Gasteiger charge is -2.23. The van der Waals surface area contributed by atoms with Crippen molar-refractivity contribution in [1.82, 2.24) is 9.97 Å². The summed E-state index contributed by atoms with van der Waals surface area (Å²) in [6, 6.07) is 2.05. The molecule has 5 nitrogen and oxygen atoms in total. The summed E-state index contributed by atoms with van der Waals surface area (Å²) >= 11 is 3.40. The Morgan fingerprint density at radius 2 is 1.84 bits per heavy atom. The minimum atomic E-state index is -2.81. The van der Waals surface area contributed by atoms with Crippen molar-refractivity contribution >= 4 is 31.6 Å². The molecule has 1 aliphatic heterocycles. The molecule has 2 fully saturated rings. The summed E-state index contributed by atoms with van der Waals surface area (Å²) in [5.74, 6) is 2.73. The summed E-state index contributed by atoms with van der Waals surface area (Å²) in [4.78, 5) is 8.91. The Kier molecular flexibility index (Phi) is 3.51. The summed E-state index contributed by atoms with van der Waals surface area (Å²) in [5, 5.41) is 3.34. The van der Waals surface area contributed by atoms with E-state index in [1.807, 2.05) is 6.07 Å². The first-order chi connectivity index (χ1) is 9.02. The van der Waals surface area contributed by atoms with Crippen LogP contribution in [0.5, 0.6) is 0 Å². The highest BCUT2D eigenvalue weighted by Gasteiger charge is 2.28. The summed E-state index contributed by atoms with van der Waals surface area (Å²) in [6.07, 6.45) is 3.64. The van der Waals surface area contributed by atoms with E-state index in [-0.39, 0.29) is 17.5 Å². The molecule has 1 saturated heterocycles. The Bertz CT molecular complexity index is 573. The lowest BCUT2D eigenvalue weighted by molar-refractivity contribution is 0.559. The van der Waals surface area contributed by atoms with Gasteiger partial charge in [-0.2, -0.15) is 0 Å². The van der Waals surface area contributed by atoms with Crippen molar-refractivity contribution in [3.63, 3.8) is 0 Å². The molecule has 0 atom stereocenters. The lowest BCUT2D eigenvalue weighted by atomic mass is 10.1. The second-order valence-corrected chi connectivity index (χ2v) is 8.39. The minimum Gasteiger partial charge on any atom is -0.367 e. The van der Waals surface area contributed by atoms with E-state index in [0.717, 1.165) is 29.1 Å². The third kappa shape index (κ3) is 3.45. The zero-order valence-corrected chi connectivity index (χ0v) is 12.9. The standard InChI is InChI=1S/C12H16BrN3O2S/c13-10-7-11(16-12(15-10)8-1-2-8)14-9-3-5-19(17,18)6-4-9/h7-9H,1-6H2,(H,14,15,16). The second-order valence-electron chi connectivity index (χ2n) is 5.28. The molecule has 0 spiro atoms. The SMILES string of the molecule is O=S1(=O)CCC(Nc2cc(Br)nc(C3CC3)n2)CC1. The van der Waals surface area contributed by atoms with Gasteiger partial charge >= 0.3 is 0 Å². The Balaban J connectivity index is 1.69. The molecule has 0 aromatic carbocycles. The van der Waals surface area contributed by atoms with Crippen molar-refractivity contribution in [1.29, 1.82) is 0 Å². The van der Waals surface area contributed by atoms with E-state index in [9.17, 15) is 8.42 Å². The van der Waals surface area contributed by atoms with Gasteiger partial charge in [-0.05, 0) is 41.6 Å². The molecule has 1 aromatic rings. The number of sulfone groups is 1. The molecule has 104 valence electrons. The van der Waals surface area contributed by atoms with Gasteiger partial charge in [0.2, 0.25) is 0 Å². The van der Waals surface area contributed by atoms with Crippen LogP contribution in [0.3, 0.4) is 0 Å². The van der Waals surface area contributed by atoms with Gasteiger partial charge in [-0.15, -0.1) is 0 Å². The predicted octanol–water partition coefficient (Wildman–Crippen LogP) is 2.11. The lowest BCUT2D eigenvalue weighted by Crippen LogP contribution is -2.32. The van der Waals surface area contributed by atoms with Gasteiger partial charge in [0.15, 0.2) is 0 Å². The zero-order chi connectivity index (χ0) is 13.5. The van der Waals surface area contributed by atoms with E-state index in [2.05, 4.69) is 31.2 Å². The smallest absolute Gasteiger partial charge is 0.150 e. The van der Waals surface area contributed by atoms with Gasteiger partial charge in [0.25, 0.3) is 0 Å². The molecule has 3 rings (SSSR count). The van der Waals surface area contributed by atoms with Crippen molar-refractivity contribution in [2.75, 3.05) is 16.8 Å². The Morgan fingerprint density at radius 1 is 1.16 bits per heavy atom. The molecule has 1 N–H and O–H groups in total. The fourth-order valence-electron chi connectivity index (χ4n) is 2.28. The Labute approximate surface area is 121 Å². The van der Waals surface area contributed by atoms with E-state index in [1.165, 1.54) is 0 Å². The van der Waals surface area contributed by atoms with E-state index in [0.29, 0.717) is 18.8 Å². The summed E-state index contributed by atoms with van der Waals surface area (Å²) in [7, 11) is -2.81. The van der Waals surface area contributed by atoms with Gasteiger partial charge in [-0.3, -0.25) is 0 Å². The number of halogens is 1. The number of aromatic nitrogens is 2. The van der Waals surface area contributed by atoms with Crippen molar-refractivity contribution < 1.29 is 8.42 Å². The van der Waals surface area contributed by atoms with Crippen LogP contribution < -0.4 is 5.32 Å². The first-order valence-corrected chi connectivity index (χ1v) is 9.15. The maximum atomic E-state index is 11.4. The average Bonchev–Trinajstić information content (AvgIpc) is 3.15. The molecular formula is C12H16BrN3O2S. The summed E-state index contributed by atoms with van der Waals surface area (Å²) in [6.45, 7) is 0. The maximum Gasteiger partial charge on any atom is 0.150 e. The molecule has 1 saturated carbocycles. The zero-order valence-electron chi connectivity index (χ0n) is 10.5. The third-order valence-electron chi connectivity index (χ3n) is 3.56. The van der Waals surface area contributed by atoms with Gasteiger partial charge in [0.05, 0.1) is 11.5 Å².